The molecule has 220 valence electrons. The number of rotatable bonds is 12. The number of esters is 1. The molecule has 0 radical (unpaired) electrons. The molecule has 2 aliphatic heterocycles. The topological polar surface area (TPSA) is 95.6 Å². The lowest BCUT2D eigenvalue weighted by atomic mass is 9.78. The Kier molecular flexibility index (Phi) is 8.91. The van der Waals surface area contributed by atoms with Crippen molar-refractivity contribution in [1.82, 2.24) is 4.90 Å². The fourth-order valence-corrected chi connectivity index (χ4v) is 5.35. The highest BCUT2D eigenvalue weighted by atomic mass is 16.8. The van der Waals surface area contributed by atoms with Crippen LogP contribution >= 0.6 is 0 Å². The third-order valence-electron chi connectivity index (χ3n) is 7.45. The summed E-state index contributed by atoms with van der Waals surface area (Å²) in [6, 6.07) is 26.1. The SMILES string of the molecule is COC(=O)C1=C(C(=O)Nc2ccc(OCCN(C)C)cc2)C2OC(C)C1(C(Cc1ccccc1)Oc1ccccc1)O2. The summed E-state index contributed by atoms with van der Waals surface area (Å²) in [5, 5.41) is 2.88. The van der Waals surface area contributed by atoms with Crippen molar-refractivity contribution in [3.8, 4) is 11.5 Å². The van der Waals surface area contributed by atoms with Crippen LogP contribution in [0.25, 0.3) is 0 Å². The van der Waals surface area contributed by atoms with Crippen molar-refractivity contribution in [3.05, 3.63) is 102 Å². The third kappa shape index (κ3) is 6.04. The Morgan fingerprint density at radius 2 is 1.62 bits per heavy atom. The summed E-state index contributed by atoms with van der Waals surface area (Å²) in [6.07, 6.45) is -2.01. The molecule has 3 aromatic rings. The van der Waals surface area contributed by atoms with Gasteiger partial charge in [0.25, 0.3) is 5.91 Å². The average Bonchev–Trinajstić information content (AvgIpc) is 3.51. The Morgan fingerprint density at radius 1 is 0.952 bits per heavy atom. The largest absolute Gasteiger partial charge is 0.492 e. The predicted molar refractivity (Wildman–Crippen MR) is 157 cm³/mol. The molecule has 1 fully saturated rings. The van der Waals surface area contributed by atoms with Crippen molar-refractivity contribution in [2.45, 2.75) is 37.4 Å². The fraction of sp³-hybridized carbons (Fsp3) is 0.333. The number of para-hydroxylation sites is 1. The van der Waals surface area contributed by atoms with Crippen molar-refractivity contribution < 1.29 is 33.3 Å². The summed E-state index contributed by atoms with van der Waals surface area (Å²) in [4.78, 5) is 29.2. The lowest BCUT2D eigenvalue weighted by molar-refractivity contribution is -0.141. The Hall–Kier alpha value is -4.18. The number of anilines is 1. The van der Waals surface area contributed by atoms with E-state index in [1.165, 1.54) is 7.11 Å². The van der Waals surface area contributed by atoms with E-state index in [4.69, 9.17) is 23.7 Å². The molecule has 4 unspecified atom stereocenters. The van der Waals surface area contributed by atoms with Crippen molar-refractivity contribution in [2.24, 2.45) is 0 Å². The van der Waals surface area contributed by atoms with E-state index in [0.717, 1.165) is 12.1 Å². The standard InChI is InChI=1S/C33H36N2O7/c1-22-33(27(21-23-11-7-5-8-12-23)41-26-13-9-6-10-14-26)29(31(37)38-4)28(32(40-22)42-33)30(36)34-24-15-17-25(18-16-24)39-20-19-35(2)3/h5-18,22,27,32H,19-21H2,1-4H3,(H,34,36). The number of amides is 1. The van der Waals surface area contributed by atoms with Gasteiger partial charge in [0.05, 0.1) is 24.4 Å². The van der Waals surface area contributed by atoms with E-state index in [9.17, 15) is 9.59 Å². The van der Waals surface area contributed by atoms with Crippen LogP contribution in [-0.4, -0.2) is 75.2 Å². The summed E-state index contributed by atoms with van der Waals surface area (Å²) in [6.45, 7) is 3.14. The van der Waals surface area contributed by atoms with Gasteiger partial charge in [-0.15, -0.1) is 0 Å². The molecule has 1 amide bonds. The summed E-state index contributed by atoms with van der Waals surface area (Å²) in [7, 11) is 5.24. The number of hydrogen-bond acceptors (Lipinski definition) is 8. The van der Waals surface area contributed by atoms with E-state index in [2.05, 4.69) is 5.32 Å². The summed E-state index contributed by atoms with van der Waals surface area (Å²) >= 11 is 0. The molecule has 0 saturated carbocycles. The van der Waals surface area contributed by atoms with Gasteiger partial charge in [0.2, 0.25) is 0 Å². The van der Waals surface area contributed by atoms with E-state index >= 15 is 0 Å². The summed E-state index contributed by atoms with van der Waals surface area (Å²) in [5.41, 5.74) is 0.276. The lowest BCUT2D eigenvalue weighted by Gasteiger charge is -2.38. The van der Waals surface area contributed by atoms with Gasteiger partial charge in [-0.3, -0.25) is 4.79 Å². The first-order valence-electron chi connectivity index (χ1n) is 13.9. The number of fused-ring (bicyclic) bond motifs is 2. The van der Waals surface area contributed by atoms with Crippen LogP contribution in [0.4, 0.5) is 5.69 Å². The molecule has 4 atom stereocenters. The number of methoxy groups -OCH3 is 1. The van der Waals surface area contributed by atoms with Gasteiger partial charge < -0.3 is 33.9 Å². The minimum Gasteiger partial charge on any atom is -0.492 e. The highest BCUT2D eigenvalue weighted by Crippen LogP contribution is 2.51. The van der Waals surface area contributed by atoms with Crippen LogP contribution in [0.2, 0.25) is 0 Å². The number of carbonyl (C=O) groups excluding carboxylic acids is 2. The van der Waals surface area contributed by atoms with E-state index in [0.29, 0.717) is 30.2 Å². The zero-order chi connectivity index (χ0) is 29.7. The molecule has 3 aromatic carbocycles. The average molecular weight is 573 g/mol. The maximum Gasteiger partial charge on any atom is 0.337 e. The van der Waals surface area contributed by atoms with Crippen LogP contribution < -0.4 is 14.8 Å². The van der Waals surface area contributed by atoms with Crippen LogP contribution in [0.15, 0.2) is 96.1 Å². The van der Waals surface area contributed by atoms with Crippen LogP contribution in [0.1, 0.15) is 12.5 Å². The Balaban J connectivity index is 1.47. The minimum atomic E-state index is -1.40. The molecular weight excluding hydrogens is 536 g/mol. The Morgan fingerprint density at radius 3 is 2.26 bits per heavy atom. The molecule has 2 bridgehead atoms. The molecule has 9 nitrogen and oxygen atoms in total. The van der Waals surface area contributed by atoms with Crippen LogP contribution in [0.5, 0.6) is 11.5 Å². The predicted octanol–water partition coefficient (Wildman–Crippen LogP) is 4.24. The van der Waals surface area contributed by atoms with Crippen LogP contribution in [0.3, 0.4) is 0 Å². The molecule has 0 aliphatic carbocycles. The molecule has 2 heterocycles. The van der Waals surface area contributed by atoms with Crippen molar-refractivity contribution >= 4 is 17.6 Å². The number of benzene rings is 3. The number of nitrogens with one attached hydrogen (secondary N) is 1. The number of nitrogens with zero attached hydrogens (tertiary/aromatic N) is 1. The van der Waals surface area contributed by atoms with E-state index in [-0.39, 0.29) is 11.1 Å². The highest BCUT2D eigenvalue weighted by Gasteiger charge is 2.66. The van der Waals surface area contributed by atoms with Crippen LogP contribution in [0, 0.1) is 0 Å². The maximum atomic E-state index is 13.7. The molecule has 9 heteroatoms. The van der Waals surface area contributed by atoms with E-state index in [1.54, 1.807) is 24.3 Å². The Labute approximate surface area is 246 Å². The normalized spacial score (nSPS) is 21.7. The molecule has 0 aromatic heterocycles. The second-order valence-corrected chi connectivity index (χ2v) is 10.5. The second kappa shape index (κ2) is 12.8. The lowest BCUT2D eigenvalue weighted by Crippen LogP contribution is -2.56. The zero-order valence-electron chi connectivity index (χ0n) is 24.2. The smallest absolute Gasteiger partial charge is 0.337 e. The molecule has 42 heavy (non-hydrogen) atoms. The molecule has 1 saturated heterocycles. The second-order valence-electron chi connectivity index (χ2n) is 10.5. The molecule has 2 aliphatic rings. The summed E-state index contributed by atoms with van der Waals surface area (Å²) in [5.74, 6) is 0.0957. The highest BCUT2D eigenvalue weighted by molar-refractivity contribution is 6.11. The number of likely N-dealkylation sites (N-methyl/N-ethyl adjacent to an activating group) is 1. The van der Waals surface area contributed by atoms with Crippen molar-refractivity contribution in [1.29, 1.82) is 0 Å². The van der Waals surface area contributed by atoms with Crippen molar-refractivity contribution in [2.75, 3.05) is 39.7 Å². The maximum absolute atomic E-state index is 13.7. The monoisotopic (exact) mass is 572 g/mol. The van der Waals surface area contributed by atoms with Gasteiger partial charge in [0.1, 0.15) is 24.2 Å². The summed E-state index contributed by atoms with van der Waals surface area (Å²) < 4.78 is 30.1. The van der Waals surface area contributed by atoms with Gasteiger partial charge >= 0.3 is 5.97 Å². The first-order chi connectivity index (χ1) is 20.3. The van der Waals surface area contributed by atoms with Crippen LogP contribution in [-0.2, 0) is 30.2 Å². The minimum absolute atomic E-state index is 0.0704. The molecular formula is C33H36N2O7. The van der Waals surface area contributed by atoms with Gasteiger partial charge in [-0.2, -0.15) is 0 Å². The first kappa shape index (κ1) is 29.3. The zero-order valence-corrected chi connectivity index (χ0v) is 24.2. The molecule has 1 N–H and O–H groups in total. The first-order valence-corrected chi connectivity index (χ1v) is 13.9. The third-order valence-corrected chi connectivity index (χ3v) is 7.45. The number of carbonyl (C=O) groups is 2. The van der Waals surface area contributed by atoms with Gasteiger partial charge in [-0.05, 0) is 63.0 Å². The number of ether oxygens (including phenoxy) is 5. The van der Waals surface area contributed by atoms with Gasteiger partial charge in [0, 0.05) is 18.7 Å². The van der Waals surface area contributed by atoms with E-state index < -0.39 is 36.0 Å². The molecule has 0 spiro atoms. The van der Waals surface area contributed by atoms with Crippen molar-refractivity contribution in [3.63, 3.8) is 0 Å². The van der Waals surface area contributed by atoms with E-state index in [1.807, 2.05) is 86.6 Å². The van der Waals surface area contributed by atoms with Gasteiger partial charge in [-0.1, -0.05) is 48.5 Å². The van der Waals surface area contributed by atoms with Gasteiger partial charge in [0.15, 0.2) is 11.9 Å². The number of hydrogen-bond donors (Lipinski definition) is 1. The quantitative estimate of drug-likeness (QED) is 0.322. The van der Waals surface area contributed by atoms with Gasteiger partial charge in [-0.25, -0.2) is 4.79 Å². The fourth-order valence-electron chi connectivity index (χ4n) is 5.35. The molecule has 5 rings (SSSR count). The Bertz CT molecular complexity index is 1370.